The van der Waals surface area contributed by atoms with Crippen LogP contribution in [-0.2, 0) is 14.3 Å². The lowest BCUT2D eigenvalue weighted by molar-refractivity contribution is -0.143. The SMILES string of the molecule is CCCCC/C=C\C/C=C\CCCCCCCCCC(=O)OCCCCCCCCCCCCCC/C=C\CCCCCCCCCCCCC(=O)NC(CO)C(O)/C=C/CCCCCCCCCC. The number of nitrogens with one attached hydrogen (secondary N) is 1. The number of hydrogen-bond acceptors (Lipinski definition) is 5. The lowest BCUT2D eigenvalue weighted by atomic mass is 10.0. The first-order valence-corrected chi connectivity index (χ1v) is 30.9. The molecule has 0 fully saturated rings. The van der Waals surface area contributed by atoms with Crippen molar-refractivity contribution in [2.45, 2.75) is 334 Å². The van der Waals surface area contributed by atoms with E-state index >= 15 is 0 Å². The van der Waals surface area contributed by atoms with E-state index in [9.17, 15) is 19.8 Å². The second-order valence-electron chi connectivity index (χ2n) is 21.0. The number of carbonyl (C=O) groups excluding carboxylic acids is 2. The Morgan fingerprint density at radius 3 is 1.13 bits per heavy atom. The van der Waals surface area contributed by atoms with Gasteiger partial charge in [0.1, 0.15) is 0 Å². The summed E-state index contributed by atoms with van der Waals surface area (Å²) in [6.07, 6.45) is 75.9. The molecular formula is C64H119NO5. The van der Waals surface area contributed by atoms with Crippen molar-refractivity contribution in [1.29, 1.82) is 0 Å². The third-order valence-corrected chi connectivity index (χ3v) is 14.1. The fraction of sp³-hybridized carbons (Fsp3) is 0.844. The van der Waals surface area contributed by atoms with E-state index in [-0.39, 0.29) is 18.5 Å². The molecule has 6 heteroatoms. The molecule has 0 aliphatic rings. The van der Waals surface area contributed by atoms with Gasteiger partial charge in [-0.25, -0.2) is 0 Å². The average Bonchev–Trinajstić information content (AvgIpc) is 3.36. The van der Waals surface area contributed by atoms with E-state index in [1.165, 1.54) is 244 Å². The second-order valence-corrected chi connectivity index (χ2v) is 21.0. The largest absolute Gasteiger partial charge is 0.466 e. The molecule has 3 N–H and O–H groups in total. The van der Waals surface area contributed by atoms with Gasteiger partial charge in [-0.2, -0.15) is 0 Å². The maximum atomic E-state index is 12.4. The minimum absolute atomic E-state index is 0.00568. The summed E-state index contributed by atoms with van der Waals surface area (Å²) >= 11 is 0. The van der Waals surface area contributed by atoms with E-state index in [4.69, 9.17) is 4.74 Å². The van der Waals surface area contributed by atoms with Crippen molar-refractivity contribution in [3.05, 3.63) is 48.6 Å². The maximum absolute atomic E-state index is 12.4. The zero-order valence-electron chi connectivity index (χ0n) is 46.7. The highest BCUT2D eigenvalue weighted by Crippen LogP contribution is 2.16. The van der Waals surface area contributed by atoms with E-state index in [0.29, 0.717) is 19.4 Å². The Bertz CT molecular complexity index is 1180. The van der Waals surface area contributed by atoms with Crippen LogP contribution < -0.4 is 5.32 Å². The normalized spacial score (nSPS) is 12.9. The summed E-state index contributed by atoms with van der Waals surface area (Å²) in [6.45, 7) is 4.86. The molecule has 0 aromatic heterocycles. The lowest BCUT2D eigenvalue weighted by Gasteiger charge is -2.20. The third kappa shape index (κ3) is 55.1. The molecule has 0 aromatic carbocycles. The van der Waals surface area contributed by atoms with Crippen LogP contribution in [0.1, 0.15) is 322 Å². The minimum Gasteiger partial charge on any atom is -0.466 e. The second kappa shape index (κ2) is 59.4. The average molecular weight is 983 g/mol. The Balaban J connectivity index is 3.38. The summed E-state index contributed by atoms with van der Waals surface area (Å²) < 4.78 is 5.49. The molecule has 0 saturated carbocycles. The first-order valence-electron chi connectivity index (χ1n) is 30.9. The number of hydrogen-bond donors (Lipinski definition) is 3. The van der Waals surface area contributed by atoms with E-state index in [2.05, 4.69) is 55.6 Å². The van der Waals surface area contributed by atoms with Gasteiger partial charge in [0.25, 0.3) is 0 Å². The summed E-state index contributed by atoms with van der Waals surface area (Å²) in [4.78, 5) is 24.5. The van der Waals surface area contributed by atoms with Gasteiger partial charge in [-0.15, -0.1) is 0 Å². The molecule has 0 rings (SSSR count). The van der Waals surface area contributed by atoms with Crippen LogP contribution >= 0.6 is 0 Å². The molecule has 0 radical (unpaired) electrons. The van der Waals surface area contributed by atoms with Crippen molar-refractivity contribution >= 4 is 11.9 Å². The van der Waals surface area contributed by atoms with Gasteiger partial charge in [-0.05, 0) is 89.9 Å². The van der Waals surface area contributed by atoms with Gasteiger partial charge in [0, 0.05) is 12.8 Å². The van der Waals surface area contributed by atoms with Gasteiger partial charge < -0.3 is 20.3 Å². The standard InChI is InChI=1S/C64H119NO5/c1-3-5-7-9-11-13-15-16-17-28-32-35-38-42-46-50-54-58-64(69)70-59-55-51-47-43-39-36-33-30-27-25-23-21-19-18-20-22-24-26-29-31-34-37-41-45-49-53-57-63(68)65-61(60-66)62(67)56-52-48-44-40-14-12-10-8-6-4-2/h11,13,16-18,20,52,56,61-62,66-67H,3-10,12,14-15,19,21-51,53-55,57-60H2,1-2H3,(H,65,68)/b13-11-,17-16-,20-18-,56-52+. The molecule has 1 amide bonds. The highest BCUT2D eigenvalue weighted by Gasteiger charge is 2.18. The fourth-order valence-corrected chi connectivity index (χ4v) is 9.31. The molecular weight excluding hydrogens is 863 g/mol. The number of aliphatic hydroxyl groups is 2. The topological polar surface area (TPSA) is 95.9 Å². The number of carbonyl (C=O) groups is 2. The van der Waals surface area contributed by atoms with E-state index in [1.807, 2.05) is 6.08 Å². The molecule has 6 nitrogen and oxygen atoms in total. The monoisotopic (exact) mass is 982 g/mol. The molecule has 0 aromatic rings. The van der Waals surface area contributed by atoms with Crippen LogP contribution in [0.3, 0.4) is 0 Å². The minimum atomic E-state index is -0.844. The van der Waals surface area contributed by atoms with Crippen molar-refractivity contribution in [3.63, 3.8) is 0 Å². The first kappa shape index (κ1) is 67.8. The molecule has 0 aliphatic carbocycles. The van der Waals surface area contributed by atoms with Gasteiger partial charge in [0.2, 0.25) is 5.91 Å². The Labute approximate surface area is 436 Å². The molecule has 0 heterocycles. The summed E-state index contributed by atoms with van der Waals surface area (Å²) in [5.74, 6) is -0.0662. The predicted octanol–water partition coefficient (Wildman–Crippen LogP) is 19.4. The van der Waals surface area contributed by atoms with Crippen molar-refractivity contribution in [2.75, 3.05) is 13.2 Å². The summed E-state index contributed by atoms with van der Waals surface area (Å²) in [6, 6.07) is -0.628. The summed E-state index contributed by atoms with van der Waals surface area (Å²) in [7, 11) is 0. The molecule has 2 unspecified atom stereocenters. The Kier molecular flexibility index (Phi) is 57.5. The number of amides is 1. The number of ether oxygens (including phenoxy) is 1. The van der Waals surface area contributed by atoms with Crippen LogP contribution in [0, 0.1) is 0 Å². The highest BCUT2D eigenvalue weighted by atomic mass is 16.5. The predicted molar refractivity (Wildman–Crippen MR) is 306 cm³/mol. The van der Waals surface area contributed by atoms with E-state index in [0.717, 1.165) is 51.4 Å². The summed E-state index contributed by atoms with van der Waals surface area (Å²) in [5, 5.41) is 23.0. The number of unbranched alkanes of at least 4 members (excludes halogenated alkanes) is 40. The zero-order chi connectivity index (χ0) is 50.7. The van der Waals surface area contributed by atoms with Crippen molar-refractivity contribution in [3.8, 4) is 0 Å². The van der Waals surface area contributed by atoms with Crippen molar-refractivity contribution in [1.82, 2.24) is 5.32 Å². The fourth-order valence-electron chi connectivity index (χ4n) is 9.31. The van der Waals surface area contributed by atoms with Gasteiger partial charge in [0.05, 0.1) is 25.4 Å². The Hall–Kier alpha value is -2.18. The van der Waals surface area contributed by atoms with Crippen LogP contribution in [0.15, 0.2) is 48.6 Å². The number of esters is 1. The van der Waals surface area contributed by atoms with Crippen LogP contribution in [0.25, 0.3) is 0 Å². The Morgan fingerprint density at radius 1 is 0.400 bits per heavy atom. The van der Waals surface area contributed by atoms with Gasteiger partial charge in [0.15, 0.2) is 0 Å². The molecule has 70 heavy (non-hydrogen) atoms. The molecule has 0 spiro atoms. The van der Waals surface area contributed by atoms with Gasteiger partial charge >= 0.3 is 5.97 Å². The van der Waals surface area contributed by atoms with Crippen molar-refractivity contribution < 1.29 is 24.5 Å². The van der Waals surface area contributed by atoms with E-state index in [1.54, 1.807) is 6.08 Å². The molecule has 0 bridgehead atoms. The zero-order valence-corrected chi connectivity index (χ0v) is 46.7. The highest BCUT2D eigenvalue weighted by molar-refractivity contribution is 5.76. The Morgan fingerprint density at radius 2 is 0.714 bits per heavy atom. The van der Waals surface area contributed by atoms with Gasteiger partial charge in [-0.1, -0.05) is 268 Å². The van der Waals surface area contributed by atoms with E-state index < -0.39 is 12.1 Å². The molecule has 0 saturated heterocycles. The van der Waals surface area contributed by atoms with Crippen LogP contribution in [0.5, 0.6) is 0 Å². The molecule has 410 valence electrons. The van der Waals surface area contributed by atoms with Crippen LogP contribution in [0.2, 0.25) is 0 Å². The molecule has 2 atom stereocenters. The number of allylic oxidation sites excluding steroid dienone is 7. The smallest absolute Gasteiger partial charge is 0.305 e. The number of rotatable bonds is 57. The first-order chi connectivity index (χ1) is 34.5. The molecule has 0 aliphatic heterocycles. The quantitative estimate of drug-likeness (QED) is 0.0321. The lowest BCUT2D eigenvalue weighted by Crippen LogP contribution is -2.45. The maximum Gasteiger partial charge on any atom is 0.305 e. The van der Waals surface area contributed by atoms with Crippen LogP contribution in [0.4, 0.5) is 0 Å². The van der Waals surface area contributed by atoms with Crippen LogP contribution in [-0.4, -0.2) is 47.4 Å². The number of aliphatic hydroxyl groups excluding tert-OH is 2. The summed E-state index contributed by atoms with van der Waals surface area (Å²) in [5.41, 5.74) is 0. The third-order valence-electron chi connectivity index (χ3n) is 14.1. The van der Waals surface area contributed by atoms with Crippen molar-refractivity contribution in [2.24, 2.45) is 0 Å². The van der Waals surface area contributed by atoms with Gasteiger partial charge in [-0.3, -0.25) is 9.59 Å².